The highest BCUT2D eigenvalue weighted by atomic mass is 35.5. The first-order valence-corrected chi connectivity index (χ1v) is 25.7. The number of H-pyrrole nitrogens is 1. The number of carbonyl (C=O) groups excluding carboxylic acids is 1. The van der Waals surface area contributed by atoms with Crippen molar-refractivity contribution in [3.8, 4) is 11.5 Å². The fourth-order valence-electron chi connectivity index (χ4n) is 10.4. The summed E-state index contributed by atoms with van der Waals surface area (Å²) in [5.74, 6) is 0.205. The molecule has 0 spiro atoms. The number of aromatic amines is 1. The van der Waals surface area contributed by atoms with E-state index in [0.29, 0.717) is 41.6 Å². The van der Waals surface area contributed by atoms with E-state index in [1.807, 2.05) is 30.3 Å². The summed E-state index contributed by atoms with van der Waals surface area (Å²) in [6.07, 6.45) is 11.1. The lowest BCUT2D eigenvalue weighted by atomic mass is 9.72. The van der Waals surface area contributed by atoms with Gasteiger partial charge in [-0.2, -0.15) is 0 Å². The normalized spacial score (nSPS) is 21.9. The molecule has 0 unspecified atom stereocenters. The molecule has 2 saturated heterocycles. The van der Waals surface area contributed by atoms with E-state index in [9.17, 15) is 18.4 Å². The van der Waals surface area contributed by atoms with Gasteiger partial charge >= 0.3 is 0 Å². The lowest BCUT2D eigenvalue weighted by molar-refractivity contribution is 0.0979. The maximum Gasteiger partial charge on any atom is 0.268 e. The van der Waals surface area contributed by atoms with Gasteiger partial charge in [-0.15, -0.1) is 0 Å². The van der Waals surface area contributed by atoms with Gasteiger partial charge in [-0.25, -0.2) is 18.1 Å². The summed E-state index contributed by atoms with van der Waals surface area (Å²) in [6.45, 7) is 15.0. The molecule has 0 bridgehead atoms. The number of amides is 1. The highest BCUT2D eigenvalue weighted by molar-refractivity contribution is 7.90. The van der Waals surface area contributed by atoms with E-state index in [2.05, 4.69) is 78.4 Å². The number of carbonyl (C=O) groups is 1. The van der Waals surface area contributed by atoms with Gasteiger partial charge in [0.15, 0.2) is 0 Å². The van der Waals surface area contributed by atoms with Gasteiger partial charge in [-0.05, 0) is 129 Å². The SMILES string of the molecule is C[C@H]1CN(C2CCC(CNc3ccc(S(=O)(=O)NC(=O)c4ccc(N5CCN(CC6=C(c7ccc(Cl)cc7)CC(C)(C)CC6)CC5)cc4Oc4cnc5[nH]ccc5c4)cc3NO)CC2)CCN1. The highest BCUT2D eigenvalue weighted by Crippen LogP contribution is 2.43. The number of aromatic nitrogens is 2. The molecular weight excluding hydrogens is 886 g/mol. The van der Waals surface area contributed by atoms with Crippen LogP contribution in [0.25, 0.3) is 16.6 Å². The number of pyridine rings is 1. The largest absolute Gasteiger partial charge is 0.455 e. The molecule has 0 radical (unpaired) electrons. The van der Waals surface area contributed by atoms with Crippen LogP contribution in [0.15, 0.2) is 95.7 Å². The molecule has 2 aliphatic carbocycles. The van der Waals surface area contributed by atoms with Crippen molar-refractivity contribution >= 4 is 61.2 Å². The van der Waals surface area contributed by atoms with Crippen LogP contribution in [-0.4, -0.2) is 110 Å². The molecule has 1 amide bonds. The van der Waals surface area contributed by atoms with Crippen molar-refractivity contribution in [2.75, 3.05) is 74.6 Å². The lowest BCUT2D eigenvalue weighted by Gasteiger charge is -2.41. The molecule has 9 rings (SSSR count). The van der Waals surface area contributed by atoms with Crippen molar-refractivity contribution < 1.29 is 23.2 Å². The van der Waals surface area contributed by atoms with Gasteiger partial charge in [0.1, 0.15) is 17.1 Å². The van der Waals surface area contributed by atoms with Crippen LogP contribution in [0.4, 0.5) is 17.1 Å². The fourth-order valence-corrected chi connectivity index (χ4v) is 11.5. The number of nitrogens with zero attached hydrogens (tertiary/aromatic N) is 4. The predicted molar refractivity (Wildman–Crippen MR) is 267 cm³/mol. The maximum absolute atomic E-state index is 14.1. The van der Waals surface area contributed by atoms with E-state index in [4.69, 9.17) is 16.3 Å². The molecule has 2 aromatic heterocycles. The number of benzene rings is 3. The molecule has 6 N–H and O–H groups in total. The summed E-state index contributed by atoms with van der Waals surface area (Å²) in [4.78, 5) is 28.8. The first kappa shape index (κ1) is 46.9. The van der Waals surface area contributed by atoms with Gasteiger partial charge in [0.25, 0.3) is 15.9 Å². The van der Waals surface area contributed by atoms with Crippen molar-refractivity contribution in [3.63, 3.8) is 0 Å². The molecule has 3 aromatic carbocycles. The Morgan fingerprint density at radius 2 is 1.75 bits per heavy atom. The minimum atomic E-state index is -4.39. The van der Waals surface area contributed by atoms with Crippen LogP contribution in [0, 0.1) is 11.3 Å². The van der Waals surface area contributed by atoms with E-state index in [-0.39, 0.29) is 27.3 Å². The molecule has 5 aromatic rings. The molecule has 4 aliphatic rings. The Morgan fingerprint density at radius 3 is 2.51 bits per heavy atom. The number of rotatable bonds is 14. The third-order valence-electron chi connectivity index (χ3n) is 14.3. The number of sulfonamides is 1. The van der Waals surface area contributed by atoms with Crippen LogP contribution in [0.5, 0.6) is 11.5 Å². The van der Waals surface area contributed by atoms with Gasteiger partial charge in [0.2, 0.25) is 0 Å². The summed E-state index contributed by atoms with van der Waals surface area (Å²) in [6, 6.07) is 22.7. The summed E-state index contributed by atoms with van der Waals surface area (Å²) in [5.41, 5.74) is 8.93. The summed E-state index contributed by atoms with van der Waals surface area (Å²) >= 11 is 6.26. The summed E-state index contributed by atoms with van der Waals surface area (Å²) in [5, 5.41) is 18.6. The first-order chi connectivity index (χ1) is 32.3. The molecular formula is C51H64ClN9O5S. The standard InChI is InChI=1S/C51H64ClN9O5S/c1-34-32-61(21-20-53-34)40-10-4-35(5-11-40)30-55-46-15-13-43(28-47(46)57-63)67(64,65)58-50(62)44-14-12-41(27-48(44)66-42-26-37-17-19-54-49(37)56-31-42)60-24-22-59(23-25-60)33-38-16-18-51(2,3)29-45(38)36-6-8-39(52)9-7-36/h6-9,12-15,17,19,26-28,31,34-35,40,53,55,57,63H,4-5,10-11,16,18,20-25,29-30,32-33H2,1-3H3,(H,54,56)(H,58,62)/t34-,35?,40?/m0/s1. The van der Waals surface area contributed by atoms with Gasteiger partial charge in [0.05, 0.1) is 28.0 Å². The van der Waals surface area contributed by atoms with Crippen LogP contribution in [0.1, 0.15) is 81.6 Å². The molecule has 4 heterocycles. The van der Waals surface area contributed by atoms with Crippen LogP contribution < -0.4 is 30.5 Å². The van der Waals surface area contributed by atoms with Crippen molar-refractivity contribution in [1.82, 2.24) is 29.8 Å². The van der Waals surface area contributed by atoms with Gasteiger partial charge in [0, 0.05) is 99.3 Å². The van der Waals surface area contributed by atoms with Crippen molar-refractivity contribution in [2.24, 2.45) is 11.3 Å². The minimum absolute atomic E-state index is 0.0435. The fraction of sp³-hybridized carbons (Fsp3) is 0.451. The van der Waals surface area contributed by atoms with Crippen molar-refractivity contribution in [1.29, 1.82) is 0 Å². The quantitative estimate of drug-likeness (QED) is 0.0586. The molecule has 14 nitrogen and oxygen atoms in total. The second-order valence-electron chi connectivity index (χ2n) is 19.7. The van der Waals surface area contributed by atoms with E-state index in [1.54, 1.807) is 30.6 Å². The second kappa shape index (κ2) is 20.2. The number of ether oxygens (including phenoxy) is 1. The number of fused-ring (bicyclic) bond motifs is 1. The number of piperazine rings is 2. The third-order valence-corrected chi connectivity index (χ3v) is 15.9. The van der Waals surface area contributed by atoms with E-state index < -0.39 is 15.9 Å². The average Bonchev–Trinajstić information content (AvgIpc) is 3.80. The van der Waals surface area contributed by atoms with E-state index in [0.717, 1.165) is 113 Å². The Kier molecular flexibility index (Phi) is 14.2. The molecule has 1 saturated carbocycles. The molecule has 2 aliphatic heterocycles. The maximum atomic E-state index is 14.1. The minimum Gasteiger partial charge on any atom is -0.455 e. The monoisotopic (exact) mass is 949 g/mol. The van der Waals surface area contributed by atoms with Crippen LogP contribution in [0.3, 0.4) is 0 Å². The molecule has 356 valence electrons. The summed E-state index contributed by atoms with van der Waals surface area (Å²) in [7, 11) is -4.39. The zero-order valence-corrected chi connectivity index (χ0v) is 40.4. The van der Waals surface area contributed by atoms with E-state index in [1.165, 1.54) is 28.8 Å². The van der Waals surface area contributed by atoms with Crippen molar-refractivity contribution in [3.05, 3.63) is 107 Å². The molecule has 16 heteroatoms. The first-order valence-electron chi connectivity index (χ1n) is 23.8. The van der Waals surface area contributed by atoms with E-state index >= 15 is 0 Å². The Labute approximate surface area is 399 Å². The highest BCUT2D eigenvalue weighted by Gasteiger charge is 2.31. The Balaban J connectivity index is 0.874. The number of allylic oxidation sites excluding steroid dienone is 1. The molecule has 67 heavy (non-hydrogen) atoms. The second-order valence-corrected chi connectivity index (χ2v) is 21.8. The number of halogens is 1. The lowest BCUT2D eigenvalue weighted by Crippen LogP contribution is -2.53. The van der Waals surface area contributed by atoms with Crippen LogP contribution in [-0.2, 0) is 10.0 Å². The van der Waals surface area contributed by atoms with Crippen LogP contribution in [0.2, 0.25) is 5.02 Å². The number of nitrogens with one attached hydrogen (secondary N) is 5. The number of hydrogen-bond donors (Lipinski definition) is 6. The smallest absolute Gasteiger partial charge is 0.268 e. The predicted octanol–water partition coefficient (Wildman–Crippen LogP) is 8.98. The number of hydrogen-bond acceptors (Lipinski definition) is 12. The third kappa shape index (κ3) is 11.2. The topological polar surface area (TPSA) is 167 Å². The van der Waals surface area contributed by atoms with Crippen LogP contribution >= 0.6 is 11.6 Å². The zero-order chi connectivity index (χ0) is 46.7. The zero-order valence-electron chi connectivity index (χ0n) is 38.8. The van der Waals surface area contributed by atoms with Gasteiger partial charge < -0.3 is 25.3 Å². The Hall–Kier alpha value is -5.16. The average molecular weight is 951 g/mol. The Bertz CT molecular complexity index is 2690. The van der Waals surface area contributed by atoms with Crippen molar-refractivity contribution in [2.45, 2.75) is 82.7 Å². The van der Waals surface area contributed by atoms with Gasteiger partial charge in [-0.1, -0.05) is 43.2 Å². The Morgan fingerprint density at radius 1 is 0.955 bits per heavy atom. The van der Waals surface area contributed by atoms with Gasteiger partial charge in [-0.3, -0.25) is 25.3 Å². The molecule has 3 fully saturated rings. The summed E-state index contributed by atoms with van der Waals surface area (Å²) < 4.78 is 36.4. The number of anilines is 3. The molecule has 1 atom stereocenters.